The SMILES string of the molecule is CCC(C)n1ccc(CC(=O)CCc2ccccc2C)n1. The number of aryl methyl sites for hydroxylation is 2. The maximum Gasteiger partial charge on any atom is 0.139 e. The first-order valence-electron chi connectivity index (χ1n) is 7.70. The largest absolute Gasteiger partial charge is 0.299 e. The molecule has 1 heterocycles. The lowest BCUT2D eigenvalue weighted by molar-refractivity contribution is -0.118. The second-order valence-corrected chi connectivity index (χ2v) is 5.69. The van der Waals surface area contributed by atoms with Gasteiger partial charge in [-0.15, -0.1) is 0 Å². The summed E-state index contributed by atoms with van der Waals surface area (Å²) in [5.41, 5.74) is 3.40. The van der Waals surface area contributed by atoms with Crippen LogP contribution in [-0.4, -0.2) is 15.6 Å². The van der Waals surface area contributed by atoms with E-state index in [2.05, 4.69) is 38.0 Å². The summed E-state index contributed by atoms with van der Waals surface area (Å²) in [7, 11) is 0. The van der Waals surface area contributed by atoms with Crippen molar-refractivity contribution >= 4 is 5.78 Å². The average molecular weight is 284 g/mol. The van der Waals surface area contributed by atoms with Gasteiger partial charge in [0.2, 0.25) is 0 Å². The van der Waals surface area contributed by atoms with Crippen LogP contribution in [0.5, 0.6) is 0 Å². The van der Waals surface area contributed by atoms with Crippen molar-refractivity contribution in [3.8, 4) is 0 Å². The fraction of sp³-hybridized carbons (Fsp3) is 0.444. The Bertz CT molecular complexity index is 601. The molecule has 0 aliphatic carbocycles. The van der Waals surface area contributed by atoms with Crippen LogP contribution in [0.3, 0.4) is 0 Å². The van der Waals surface area contributed by atoms with Crippen molar-refractivity contribution < 1.29 is 4.79 Å². The first kappa shape index (κ1) is 15.5. The standard InChI is InChI=1S/C18H24N2O/c1-4-15(3)20-12-11-17(19-20)13-18(21)10-9-16-8-6-5-7-14(16)2/h5-8,11-12,15H,4,9-10,13H2,1-3H3. The van der Waals surface area contributed by atoms with E-state index in [0.29, 0.717) is 18.9 Å². The molecule has 2 aromatic rings. The molecular formula is C18H24N2O. The van der Waals surface area contributed by atoms with Crippen LogP contribution >= 0.6 is 0 Å². The fourth-order valence-corrected chi connectivity index (χ4v) is 2.36. The zero-order valence-electron chi connectivity index (χ0n) is 13.2. The topological polar surface area (TPSA) is 34.9 Å². The number of benzene rings is 1. The minimum Gasteiger partial charge on any atom is -0.299 e. The summed E-state index contributed by atoms with van der Waals surface area (Å²) in [5, 5.41) is 4.49. The average Bonchev–Trinajstić information content (AvgIpc) is 2.94. The smallest absolute Gasteiger partial charge is 0.139 e. The molecule has 0 aliphatic rings. The second-order valence-electron chi connectivity index (χ2n) is 5.69. The van der Waals surface area contributed by atoms with Gasteiger partial charge in [-0.2, -0.15) is 5.10 Å². The maximum absolute atomic E-state index is 12.1. The van der Waals surface area contributed by atoms with Crippen LogP contribution in [-0.2, 0) is 17.6 Å². The van der Waals surface area contributed by atoms with Gasteiger partial charge in [-0.1, -0.05) is 31.2 Å². The second kappa shape index (κ2) is 7.21. The van der Waals surface area contributed by atoms with Crippen molar-refractivity contribution in [3.05, 3.63) is 53.3 Å². The minimum atomic E-state index is 0.257. The number of carbonyl (C=O) groups is 1. The molecule has 0 fully saturated rings. The van der Waals surface area contributed by atoms with E-state index in [1.54, 1.807) is 0 Å². The predicted molar refractivity (Wildman–Crippen MR) is 85.4 cm³/mol. The zero-order valence-corrected chi connectivity index (χ0v) is 13.2. The van der Waals surface area contributed by atoms with Crippen molar-refractivity contribution in [2.75, 3.05) is 0 Å². The van der Waals surface area contributed by atoms with E-state index in [1.807, 2.05) is 29.1 Å². The Balaban J connectivity index is 1.87. The Morgan fingerprint density at radius 2 is 2.05 bits per heavy atom. The summed E-state index contributed by atoms with van der Waals surface area (Å²) in [5.74, 6) is 0.257. The van der Waals surface area contributed by atoms with Gasteiger partial charge in [-0.05, 0) is 43.9 Å². The van der Waals surface area contributed by atoms with Crippen LogP contribution in [0.25, 0.3) is 0 Å². The molecule has 0 amide bonds. The zero-order chi connectivity index (χ0) is 15.2. The van der Waals surface area contributed by atoms with Gasteiger partial charge in [0.05, 0.1) is 12.1 Å². The lowest BCUT2D eigenvalue weighted by Gasteiger charge is -2.08. The molecule has 0 N–H and O–H groups in total. The van der Waals surface area contributed by atoms with Crippen molar-refractivity contribution in [2.45, 2.75) is 52.5 Å². The summed E-state index contributed by atoms with van der Waals surface area (Å²) in [6, 6.07) is 10.6. The lowest BCUT2D eigenvalue weighted by atomic mass is 10.0. The van der Waals surface area contributed by atoms with Gasteiger partial charge in [0, 0.05) is 18.7 Å². The summed E-state index contributed by atoms with van der Waals surface area (Å²) in [4.78, 5) is 12.1. The van der Waals surface area contributed by atoms with Crippen molar-refractivity contribution in [3.63, 3.8) is 0 Å². The van der Waals surface area contributed by atoms with Gasteiger partial charge in [-0.3, -0.25) is 9.48 Å². The van der Waals surface area contributed by atoms with E-state index in [1.165, 1.54) is 11.1 Å². The number of Topliss-reactive ketones (excluding diaryl/α,β-unsaturated/α-hetero) is 1. The molecule has 1 atom stereocenters. The molecule has 1 aromatic carbocycles. The summed E-state index contributed by atoms with van der Waals surface area (Å²) in [6.07, 6.45) is 4.86. The summed E-state index contributed by atoms with van der Waals surface area (Å²) < 4.78 is 1.95. The number of aromatic nitrogens is 2. The van der Waals surface area contributed by atoms with Gasteiger partial charge in [0.15, 0.2) is 0 Å². The molecule has 0 spiro atoms. The van der Waals surface area contributed by atoms with Gasteiger partial charge in [-0.25, -0.2) is 0 Å². The van der Waals surface area contributed by atoms with Gasteiger partial charge >= 0.3 is 0 Å². The number of ketones is 1. The van der Waals surface area contributed by atoms with E-state index in [-0.39, 0.29) is 5.78 Å². The Kier molecular flexibility index (Phi) is 5.32. The van der Waals surface area contributed by atoms with Crippen LogP contribution in [0, 0.1) is 6.92 Å². The molecule has 0 bridgehead atoms. The molecule has 0 saturated carbocycles. The van der Waals surface area contributed by atoms with Crippen molar-refractivity contribution in [1.82, 2.24) is 9.78 Å². The Morgan fingerprint density at radius 1 is 1.29 bits per heavy atom. The van der Waals surface area contributed by atoms with Crippen LogP contribution in [0.15, 0.2) is 36.5 Å². The number of nitrogens with zero attached hydrogens (tertiary/aromatic N) is 2. The Labute approximate surface area is 127 Å². The van der Waals surface area contributed by atoms with Crippen LogP contribution < -0.4 is 0 Å². The van der Waals surface area contributed by atoms with E-state index in [0.717, 1.165) is 18.5 Å². The third-order valence-electron chi connectivity index (χ3n) is 4.02. The highest BCUT2D eigenvalue weighted by molar-refractivity contribution is 5.80. The Morgan fingerprint density at radius 3 is 2.76 bits per heavy atom. The molecule has 2 rings (SSSR count). The van der Waals surface area contributed by atoms with Crippen LogP contribution in [0.4, 0.5) is 0 Å². The minimum absolute atomic E-state index is 0.257. The fourth-order valence-electron chi connectivity index (χ4n) is 2.36. The molecule has 0 saturated heterocycles. The maximum atomic E-state index is 12.1. The lowest BCUT2D eigenvalue weighted by Crippen LogP contribution is -2.08. The normalized spacial score (nSPS) is 12.3. The first-order valence-corrected chi connectivity index (χ1v) is 7.70. The highest BCUT2D eigenvalue weighted by Gasteiger charge is 2.09. The molecule has 1 unspecified atom stereocenters. The third kappa shape index (κ3) is 4.28. The van der Waals surface area contributed by atoms with Crippen molar-refractivity contribution in [2.24, 2.45) is 0 Å². The van der Waals surface area contributed by atoms with E-state index in [9.17, 15) is 4.79 Å². The van der Waals surface area contributed by atoms with E-state index < -0.39 is 0 Å². The predicted octanol–water partition coefficient (Wildman–Crippen LogP) is 3.91. The first-order chi connectivity index (χ1) is 10.1. The van der Waals surface area contributed by atoms with Crippen LogP contribution in [0.1, 0.15) is 49.6 Å². The summed E-state index contributed by atoms with van der Waals surface area (Å²) >= 11 is 0. The Hall–Kier alpha value is -1.90. The third-order valence-corrected chi connectivity index (χ3v) is 4.02. The van der Waals surface area contributed by atoms with E-state index >= 15 is 0 Å². The van der Waals surface area contributed by atoms with Crippen LogP contribution in [0.2, 0.25) is 0 Å². The molecule has 3 heteroatoms. The molecule has 0 radical (unpaired) electrons. The molecule has 0 aliphatic heterocycles. The molecule has 21 heavy (non-hydrogen) atoms. The monoisotopic (exact) mass is 284 g/mol. The van der Waals surface area contributed by atoms with Gasteiger partial charge < -0.3 is 0 Å². The molecule has 1 aromatic heterocycles. The van der Waals surface area contributed by atoms with Gasteiger partial charge in [0.1, 0.15) is 5.78 Å². The summed E-state index contributed by atoms with van der Waals surface area (Å²) in [6.45, 7) is 6.36. The quantitative estimate of drug-likeness (QED) is 0.772. The number of carbonyl (C=O) groups excluding carboxylic acids is 1. The van der Waals surface area contributed by atoms with E-state index in [4.69, 9.17) is 0 Å². The number of hydrogen-bond donors (Lipinski definition) is 0. The van der Waals surface area contributed by atoms with Gasteiger partial charge in [0.25, 0.3) is 0 Å². The highest BCUT2D eigenvalue weighted by Crippen LogP contribution is 2.12. The molecule has 112 valence electrons. The molecule has 3 nitrogen and oxygen atoms in total. The van der Waals surface area contributed by atoms with Crippen molar-refractivity contribution in [1.29, 1.82) is 0 Å². The number of hydrogen-bond acceptors (Lipinski definition) is 2. The number of rotatable bonds is 7. The molecular weight excluding hydrogens is 260 g/mol. The highest BCUT2D eigenvalue weighted by atomic mass is 16.1.